The smallest absolute Gasteiger partial charge is 0.0626 e. The maximum atomic E-state index is 2.60. The Morgan fingerprint density at radius 1 is 0.270 bits per heavy atom. The molecule has 0 spiro atoms. The summed E-state index contributed by atoms with van der Waals surface area (Å²) in [7, 11) is 0. The van der Waals surface area contributed by atoms with Crippen molar-refractivity contribution in [3.63, 3.8) is 0 Å². The number of hydrogen-bond donors (Lipinski definition) is 0. The van der Waals surface area contributed by atoms with Crippen molar-refractivity contribution in [2.24, 2.45) is 0 Å². The van der Waals surface area contributed by atoms with Gasteiger partial charge in [0.2, 0.25) is 0 Å². The van der Waals surface area contributed by atoms with Crippen LogP contribution in [0.4, 0.5) is 11.4 Å². The summed E-state index contributed by atoms with van der Waals surface area (Å²) in [5.74, 6) is 0. The fourth-order valence-corrected chi connectivity index (χ4v) is 12.2. The lowest BCUT2D eigenvalue weighted by atomic mass is 9.82. The second-order valence-electron chi connectivity index (χ2n) is 19.9. The molecule has 74 heavy (non-hydrogen) atoms. The van der Waals surface area contributed by atoms with Crippen LogP contribution in [-0.4, -0.2) is 0 Å². The lowest BCUT2D eigenvalue weighted by molar-refractivity contribution is 0.749. The number of anilines is 2. The highest BCUT2D eigenvalue weighted by molar-refractivity contribution is 6.24. The Morgan fingerprint density at radius 3 is 1.19 bits per heavy atom. The van der Waals surface area contributed by atoms with Crippen LogP contribution < -0.4 is 9.80 Å². The van der Waals surface area contributed by atoms with Crippen molar-refractivity contribution in [2.45, 2.75) is 24.9 Å². The van der Waals surface area contributed by atoms with Gasteiger partial charge < -0.3 is 9.80 Å². The van der Waals surface area contributed by atoms with Gasteiger partial charge in [-0.15, -0.1) is 0 Å². The van der Waals surface area contributed by atoms with Crippen LogP contribution in [0.15, 0.2) is 279 Å². The van der Waals surface area contributed by atoms with Crippen molar-refractivity contribution in [2.75, 3.05) is 9.80 Å². The first-order valence-electron chi connectivity index (χ1n) is 26.0. The molecule has 0 bridgehead atoms. The standard InChI is InChI=1S/C72H52N2/c1-6-21-50(22-7-1)63-45-56-32-18-19-33-57(56)46-64(63)72-62-39-37-59(73-67(51-23-8-2-9-24-51)40-41-68(73)52-25-10-3-11-26-52)47-65(62)71(58-35-34-49-20-16-17-31-55(49)44-58)61-38-36-60(48-66(61)72)74-69(53-27-12-4-13-28-53)42-43-70(74)54-29-14-5-15-30-54/h1-40,42,44-48,68,70H,41,43H2. The van der Waals surface area contributed by atoms with Gasteiger partial charge in [-0.1, -0.05) is 237 Å². The minimum Gasteiger partial charge on any atom is -0.333 e. The average Bonchev–Trinajstić information content (AvgIpc) is 4.17. The SMILES string of the molecule is C1=C(c2ccccc2)N(c2ccc3c(-c4cc5ccccc5cc4-c4ccccc4)c4cc(N5C(c6ccccc6)=CCC5c5ccccc5)ccc4c(-c4ccc5ccccc5c4)c3c2)C(c2ccccc2)C1. The van der Waals surface area contributed by atoms with Crippen LogP contribution in [0.5, 0.6) is 0 Å². The predicted octanol–water partition coefficient (Wildman–Crippen LogP) is 19.3. The molecule has 2 aliphatic heterocycles. The largest absolute Gasteiger partial charge is 0.333 e. The molecule has 12 aromatic rings. The zero-order valence-electron chi connectivity index (χ0n) is 41.0. The molecule has 0 saturated carbocycles. The topological polar surface area (TPSA) is 6.48 Å². The highest BCUT2D eigenvalue weighted by atomic mass is 15.2. The van der Waals surface area contributed by atoms with Crippen LogP contribution in [0.1, 0.15) is 47.2 Å². The molecule has 2 aliphatic rings. The fourth-order valence-electron chi connectivity index (χ4n) is 12.2. The molecule has 350 valence electrons. The highest BCUT2D eigenvalue weighted by Gasteiger charge is 2.33. The summed E-state index contributed by atoms with van der Waals surface area (Å²) < 4.78 is 0. The van der Waals surface area contributed by atoms with Gasteiger partial charge in [0.25, 0.3) is 0 Å². The Kier molecular flexibility index (Phi) is 10.8. The molecule has 0 fully saturated rings. The number of benzene rings is 12. The van der Waals surface area contributed by atoms with Gasteiger partial charge in [-0.2, -0.15) is 0 Å². The molecule has 0 radical (unpaired) electrons. The molecular formula is C72H52N2. The second-order valence-corrected chi connectivity index (χ2v) is 19.9. The third kappa shape index (κ3) is 7.58. The molecule has 2 heterocycles. The summed E-state index contributed by atoms with van der Waals surface area (Å²) >= 11 is 0. The molecular weight excluding hydrogens is 893 g/mol. The third-order valence-electron chi connectivity index (χ3n) is 15.6. The van der Waals surface area contributed by atoms with Gasteiger partial charge in [-0.05, 0) is 154 Å². The van der Waals surface area contributed by atoms with Crippen LogP contribution in [0.3, 0.4) is 0 Å². The van der Waals surface area contributed by atoms with E-state index in [4.69, 9.17) is 0 Å². The van der Waals surface area contributed by atoms with Crippen molar-refractivity contribution < 1.29 is 0 Å². The molecule has 2 nitrogen and oxygen atoms in total. The first-order chi connectivity index (χ1) is 36.7. The molecule has 0 N–H and O–H groups in total. The molecule has 14 rings (SSSR count). The molecule has 0 amide bonds. The van der Waals surface area contributed by atoms with E-state index in [1.165, 1.54) is 121 Å². The molecule has 12 aromatic carbocycles. The van der Waals surface area contributed by atoms with Crippen LogP contribution in [0.2, 0.25) is 0 Å². The van der Waals surface area contributed by atoms with E-state index in [2.05, 4.69) is 289 Å². The minimum atomic E-state index is 0.126. The average molecular weight is 945 g/mol. The van der Waals surface area contributed by atoms with E-state index in [9.17, 15) is 0 Å². The number of rotatable bonds is 9. The van der Waals surface area contributed by atoms with Crippen molar-refractivity contribution in [3.8, 4) is 33.4 Å². The summed E-state index contributed by atoms with van der Waals surface area (Å²) in [6.45, 7) is 0. The van der Waals surface area contributed by atoms with E-state index in [0.717, 1.165) is 12.8 Å². The normalized spacial score (nSPS) is 15.6. The Morgan fingerprint density at radius 2 is 0.676 bits per heavy atom. The lowest BCUT2D eigenvalue weighted by Gasteiger charge is -2.32. The molecule has 2 unspecified atom stereocenters. The van der Waals surface area contributed by atoms with Crippen LogP contribution in [0, 0.1) is 0 Å². The lowest BCUT2D eigenvalue weighted by Crippen LogP contribution is -2.22. The molecule has 2 heteroatoms. The third-order valence-corrected chi connectivity index (χ3v) is 15.6. The van der Waals surface area contributed by atoms with Crippen molar-refractivity contribution in [1.29, 1.82) is 0 Å². The summed E-state index contributed by atoms with van der Waals surface area (Å²) in [6.07, 6.45) is 6.70. The van der Waals surface area contributed by atoms with Crippen molar-refractivity contribution in [3.05, 3.63) is 301 Å². The number of hydrogen-bond acceptors (Lipinski definition) is 2. The zero-order valence-corrected chi connectivity index (χ0v) is 41.0. The summed E-state index contributed by atoms with van der Waals surface area (Å²) in [5, 5.41) is 9.77. The van der Waals surface area contributed by atoms with Crippen molar-refractivity contribution >= 4 is 65.9 Å². The molecule has 0 saturated heterocycles. The Bertz CT molecular complexity index is 4120. The first kappa shape index (κ1) is 43.5. The van der Waals surface area contributed by atoms with Gasteiger partial charge in [0, 0.05) is 22.8 Å². The first-order valence-corrected chi connectivity index (χ1v) is 26.0. The van der Waals surface area contributed by atoms with E-state index in [0.29, 0.717) is 0 Å². The van der Waals surface area contributed by atoms with E-state index in [-0.39, 0.29) is 12.1 Å². The maximum absolute atomic E-state index is 2.60. The Labute approximate surface area is 433 Å². The monoisotopic (exact) mass is 944 g/mol. The second kappa shape index (κ2) is 18.4. The van der Waals surface area contributed by atoms with E-state index in [1.54, 1.807) is 0 Å². The highest BCUT2D eigenvalue weighted by Crippen LogP contribution is 2.52. The van der Waals surface area contributed by atoms with Crippen molar-refractivity contribution in [1.82, 2.24) is 0 Å². The van der Waals surface area contributed by atoms with Gasteiger partial charge in [0.15, 0.2) is 0 Å². The predicted molar refractivity (Wildman–Crippen MR) is 314 cm³/mol. The Balaban J connectivity index is 1.11. The van der Waals surface area contributed by atoms with E-state index < -0.39 is 0 Å². The summed E-state index contributed by atoms with van der Waals surface area (Å²) in [5.41, 5.74) is 17.1. The molecule has 2 atom stereocenters. The fraction of sp³-hybridized carbons (Fsp3) is 0.0556. The van der Waals surface area contributed by atoms with E-state index in [1.807, 2.05) is 0 Å². The van der Waals surface area contributed by atoms with Gasteiger partial charge in [-0.25, -0.2) is 0 Å². The zero-order chi connectivity index (χ0) is 49.0. The number of nitrogens with zero attached hydrogens (tertiary/aromatic N) is 2. The van der Waals surface area contributed by atoms with Gasteiger partial charge >= 0.3 is 0 Å². The molecule has 0 aromatic heterocycles. The summed E-state index contributed by atoms with van der Waals surface area (Å²) in [6, 6.07) is 99.5. The van der Waals surface area contributed by atoms with Gasteiger partial charge in [-0.3, -0.25) is 0 Å². The number of fused-ring (bicyclic) bond motifs is 4. The minimum absolute atomic E-state index is 0.126. The molecule has 0 aliphatic carbocycles. The van der Waals surface area contributed by atoms with Gasteiger partial charge in [0.1, 0.15) is 0 Å². The van der Waals surface area contributed by atoms with Crippen LogP contribution in [-0.2, 0) is 0 Å². The maximum Gasteiger partial charge on any atom is 0.0626 e. The quantitative estimate of drug-likeness (QED) is 0.133. The van der Waals surface area contributed by atoms with Crippen LogP contribution in [0.25, 0.3) is 87.9 Å². The summed E-state index contributed by atoms with van der Waals surface area (Å²) in [4.78, 5) is 5.20. The van der Waals surface area contributed by atoms with Gasteiger partial charge in [0.05, 0.1) is 12.1 Å². The van der Waals surface area contributed by atoms with E-state index >= 15 is 0 Å². The van der Waals surface area contributed by atoms with Crippen LogP contribution >= 0.6 is 0 Å². The Hall–Kier alpha value is -9.24.